The van der Waals surface area contributed by atoms with Crippen molar-refractivity contribution < 1.29 is 9.47 Å². The summed E-state index contributed by atoms with van der Waals surface area (Å²) in [5, 5.41) is 0. The summed E-state index contributed by atoms with van der Waals surface area (Å²) in [7, 11) is 4.07. The molecule has 1 rings (SSSR count). The standard InChI is InChI=1S/C15H26N2O2/c1-6-10-18-12-8-7-9-13(14(12)16)19-11-15(2,3)17(4)5/h7-9H,6,10-11,16H2,1-5H3. The Balaban J connectivity index is 2.74. The molecule has 0 aromatic heterocycles. The van der Waals surface area contributed by atoms with E-state index in [1.807, 2.05) is 32.3 Å². The topological polar surface area (TPSA) is 47.7 Å². The number of nitrogens with zero attached hydrogens (tertiary/aromatic N) is 1. The number of para-hydroxylation sites is 1. The second-order valence-electron chi connectivity index (χ2n) is 5.51. The van der Waals surface area contributed by atoms with Gasteiger partial charge in [0.25, 0.3) is 0 Å². The first-order valence-electron chi connectivity index (χ1n) is 6.70. The first-order chi connectivity index (χ1) is 8.88. The zero-order chi connectivity index (χ0) is 14.5. The SMILES string of the molecule is CCCOc1cccc(OCC(C)(C)N(C)C)c1N. The zero-order valence-corrected chi connectivity index (χ0v) is 12.7. The van der Waals surface area contributed by atoms with Crippen LogP contribution in [-0.4, -0.2) is 37.7 Å². The Morgan fingerprint density at radius 1 is 1.16 bits per heavy atom. The van der Waals surface area contributed by atoms with Gasteiger partial charge in [-0.3, -0.25) is 0 Å². The highest BCUT2D eigenvalue weighted by atomic mass is 16.5. The largest absolute Gasteiger partial charge is 0.491 e. The van der Waals surface area contributed by atoms with Crippen LogP contribution >= 0.6 is 0 Å². The Labute approximate surface area is 116 Å². The van der Waals surface area contributed by atoms with E-state index in [0.29, 0.717) is 30.4 Å². The Morgan fingerprint density at radius 3 is 2.26 bits per heavy atom. The molecular weight excluding hydrogens is 240 g/mol. The summed E-state index contributed by atoms with van der Waals surface area (Å²) in [5.74, 6) is 1.38. The first-order valence-corrected chi connectivity index (χ1v) is 6.70. The predicted octanol–water partition coefficient (Wildman–Crippen LogP) is 2.78. The van der Waals surface area contributed by atoms with Crippen molar-refractivity contribution in [1.82, 2.24) is 4.90 Å². The van der Waals surface area contributed by atoms with E-state index < -0.39 is 0 Å². The molecule has 4 nitrogen and oxygen atoms in total. The molecule has 4 heteroatoms. The van der Waals surface area contributed by atoms with Crippen LogP contribution in [-0.2, 0) is 0 Å². The summed E-state index contributed by atoms with van der Waals surface area (Å²) in [6.45, 7) is 7.55. The molecular formula is C15H26N2O2. The van der Waals surface area contributed by atoms with Gasteiger partial charge in [-0.1, -0.05) is 13.0 Å². The van der Waals surface area contributed by atoms with Crippen LogP contribution < -0.4 is 15.2 Å². The lowest BCUT2D eigenvalue weighted by molar-refractivity contribution is 0.114. The predicted molar refractivity (Wildman–Crippen MR) is 79.9 cm³/mol. The fraction of sp³-hybridized carbons (Fsp3) is 0.600. The minimum atomic E-state index is -0.0489. The van der Waals surface area contributed by atoms with E-state index in [4.69, 9.17) is 15.2 Å². The number of nitrogens with two attached hydrogens (primary N) is 1. The van der Waals surface area contributed by atoms with Gasteiger partial charge >= 0.3 is 0 Å². The highest BCUT2D eigenvalue weighted by Crippen LogP contribution is 2.32. The minimum Gasteiger partial charge on any atom is -0.491 e. The van der Waals surface area contributed by atoms with Crippen molar-refractivity contribution in [2.45, 2.75) is 32.7 Å². The summed E-state index contributed by atoms with van der Waals surface area (Å²) in [4.78, 5) is 2.13. The molecule has 0 aliphatic heterocycles. The van der Waals surface area contributed by atoms with Gasteiger partial charge in [-0.25, -0.2) is 0 Å². The average Bonchev–Trinajstić information content (AvgIpc) is 2.36. The van der Waals surface area contributed by atoms with Crippen molar-refractivity contribution in [1.29, 1.82) is 0 Å². The normalized spacial score (nSPS) is 11.7. The van der Waals surface area contributed by atoms with E-state index in [2.05, 4.69) is 25.7 Å². The molecule has 0 saturated heterocycles. The van der Waals surface area contributed by atoms with Gasteiger partial charge in [-0.2, -0.15) is 0 Å². The van der Waals surface area contributed by atoms with Crippen molar-refractivity contribution in [3.8, 4) is 11.5 Å². The number of anilines is 1. The van der Waals surface area contributed by atoms with Crippen molar-refractivity contribution in [2.75, 3.05) is 33.0 Å². The summed E-state index contributed by atoms with van der Waals surface area (Å²) in [6, 6.07) is 5.65. The molecule has 0 bridgehead atoms. The smallest absolute Gasteiger partial charge is 0.146 e. The molecule has 0 heterocycles. The molecule has 2 N–H and O–H groups in total. The first kappa shape index (κ1) is 15.6. The second kappa shape index (κ2) is 6.66. The van der Waals surface area contributed by atoms with Gasteiger partial charge in [0.1, 0.15) is 23.8 Å². The Morgan fingerprint density at radius 2 is 1.74 bits per heavy atom. The highest BCUT2D eigenvalue weighted by molar-refractivity contribution is 5.62. The van der Waals surface area contributed by atoms with Crippen molar-refractivity contribution in [3.05, 3.63) is 18.2 Å². The van der Waals surface area contributed by atoms with Crippen molar-refractivity contribution in [3.63, 3.8) is 0 Å². The average molecular weight is 266 g/mol. The minimum absolute atomic E-state index is 0.0489. The molecule has 0 atom stereocenters. The molecule has 0 spiro atoms. The van der Waals surface area contributed by atoms with E-state index in [9.17, 15) is 0 Å². The maximum Gasteiger partial charge on any atom is 0.146 e. The second-order valence-corrected chi connectivity index (χ2v) is 5.51. The molecule has 1 aromatic carbocycles. The van der Waals surface area contributed by atoms with Crippen LogP contribution in [0.15, 0.2) is 18.2 Å². The van der Waals surface area contributed by atoms with Gasteiger partial charge in [-0.15, -0.1) is 0 Å². The third-order valence-corrected chi connectivity index (χ3v) is 3.28. The summed E-state index contributed by atoms with van der Waals surface area (Å²) in [6.07, 6.45) is 0.957. The van der Waals surface area contributed by atoms with Crippen LogP contribution in [0.3, 0.4) is 0 Å². The quantitative estimate of drug-likeness (QED) is 0.771. The molecule has 0 aliphatic rings. The summed E-state index contributed by atoms with van der Waals surface area (Å²) < 4.78 is 11.4. The monoisotopic (exact) mass is 266 g/mol. The number of likely N-dealkylation sites (N-methyl/N-ethyl adjacent to an activating group) is 1. The number of rotatable bonds is 7. The third kappa shape index (κ3) is 4.31. The van der Waals surface area contributed by atoms with Crippen LogP contribution in [0, 0.1) is 0 Å². The lowest BCUT2D eigenvalue weighted by atomic mass is 10.1. The van der Waals surface area contributed by atoms with Crippen molar-refractivity contribution >= 4 is 5.69 Å². The van der Waals surface area contributed by atoms with E-state index in [0.717, 1.165) is 6.42 Å². The zero-order valence-electron chi connectivity index (χ0n) is 12.7. The Kier molecular flexibility index (Phi) is 5.48. The number of hydrogen-bond acceptors (Lipinski definition) is 4. The lowest BCUT2D eigenvalue weighted by Crippen LogP contribution is -2.43. The van der Waals surface area contributed by atoms with Gasteiger partial charge < -0.3 is 20.1 Å². The summed E-state index contributed by atoms with van der Waals surface area (Å²) >= 11 is 0. The van der Waals surface area contributed by atoms with E-state index in [1.54, 1.807) is 0 Å². The molecule has 0 saturated carbocycles. The Hall–Kier alpha value is -1.42. The summed E-state index contributed by atoms with van der Waals surface area (Å²) in [5.41, 5.74) is 6.59. The van der Waals surface area contributed by atoms with Crippen LogP contribution in [0.1, 0.15) is 27.2 Å². The van der Waals surface area contributed by atoms with Crippen LogP contribution in [0.25, 0.3) is 0 Å². The van der Waals surface area contributed by atoms with Crippen LogP contribution in [0.4, 0.5) is 5.69 Å². The van der Waals surface area contributed by atoms with Gasteiger partial charge in [-0.05, 0) is 46.5 Å². The van der Waals surface area contributed by atoms with Crippen molar-refractivity contribution in [2.24, 2.45) is 0 Å². The molecule has 1 aromatic rings. The maximum absolute atomic E-state index is 6.07. The fourth-order valence-corrected chi connectivity index (χ4v) is 1.37. The number of nitrogen functional groups attached to an aromatic ring is 1. The van der Waals surface area contributed by atoms with Gasteiger partial charge in [0.05, 0.1) is 6.61 Å². The van der Waals surface area contributed by atoms with E-state index in [-0.39, 0.29) is 5.54 Å². The Bertz CT molecular complexity index is 403. The third-order valence-electron chi connectivity index (χ3n) is 3.28. The van der Waals surface area contributed by atoms with E-state index >= 15 is 0 Å². The molecule has 0 unspecified atom stereocenters. The molecule has 0 radical (unpaired) electrons. The fourth-order valence-electron chi connectivity index (χ4n) is 1.37. The van der Waals surface area contributed by atoms with Gasteiger partial charge in [0.2, 0.25) is 0 Å². The van der Waals surface area contributed by atoms with Gasteiger partial charge in [0, 0.05) is 5.54 Å². The van der Waals surface area contributed by atoms with Crippen LogP contribution in [0.5, 0.6) is 11.5 Å². The maximum atomic E-state index is 6.07. The lowest BCUT2D eigenvalue weighted by Gasteiger charge is -2.32. The molecule has 0 fully saturated rings. The molecule has 0 amide bonds. The van der Waals surface area contributed by atoms with Gasteiger partial charge in [0.15, 0.2) is 0 Å². The molecule has 0 aliphatic carbocycles. The number of ether oxygens (including phenoxy) is 2. The van der Waals surface area contributed by atoms with E-state index in [1.165, 1.54) is 0 Å². The number of hydrogen-bond donors (Lipinski definition) is 1. The molecule has 19 heavy (non-hydrogen) atoms. The molecule has 108 valence electrons. The van der Waals surface area contributed by atoms with Crippen LogP contribution in [0.2, 0.25) is 0 Å². The highest BCUT2D eigenvalue weighted by Gasteiger charge is 2.22. The number of benzene rings is 1.